The molecule has 0 radical (unpaired) electrons. The van der Waals surface area contributed by atoms with Crippen LogP contribution < -0.4 is 0 Å². The maximum absolute atomic E-state index is 11.1. The van der Waals surface area contributed by atoms with Gasteiger partial charge in [-0.1, -0.05) is 77.9 Å². The van der Waals surface area contributed by atoms with Crippen LogP contribution in [0.25, 0.3) is 105 Å². The molecule has 11 aromatic rings. The van der Waals surface area contributed by atoms with Crippen molar-refractivity contribution in [1.29, 1.82) is 10.5 Å². The van der Waals surface area contributed by atoms with E-state index in [9.17, 15) is 10.5 Å². The summed E-state index contributed by atoms with van der Waals surface area (Å²) < 4.78 is 17.8. The van der Waals surface area contributed by atoms with Crippen LogP contribution in [0.3, 0.4) is 0 Å². The third-order valence-electron chi connectivity index (χ3n) is 12.1. The Morgan fingerprint density at radius 1 is 0.603 bits per heavy atom. The number of nitriles is 2. The van der Waals surface area contributed by atoms with Gasteiger partial charge < -0.3 is 18.0 Å². The highest BCUT2D eigenvalue weighted by molar-refractivity contribution is 6.24. The topological polar surface area (TPSA) is 83.7 Å². The average Bonchev–Trinajstić information content (AvgIpc) is 4.00. The molecule has 0 fully saturated rings. The lowest BCUT2D eigenvalue weighted by molar-refractivity contribution is 0.672. The number of hydrogen-bond acceptors (Lipinski definition) is 4. The molecular formula is C52H30N4O2. The summed E-state index contributed by atoms with van der Waals surface area (Å²) in [7, 11) is 0. The number of aromatic nitrogens is 2. The first-order chi connectivity index (χ1) is 28.5. The van der Waals surface area contributed by atoms with E-state index in [4.69, 9.17) is 8.83 Å². The highest BCUT2D eigenvalue weighted by Gasteiger charge is 2.31. The van der Waals surface area contributed by atoms with E-state index < -0.39 is 0 Å². The SMILES string of the molecule is CC1=Cc2c(n(-c3c(C#N)cc(C#N)c(-n4c5ccc(C)cc5c5c6oc7ccccc7c6ccc54)c3-c3c#cccc3)c3ccc4c5ccccc5oc4c23)CC1. The summed E-state index contributed by atoms with van der Waals surface area (Å²) in [6.45, 7) is 4.27. The Bertz CT molecular complexity index is 3720. The zero-order valence-corrected chi connectivity index (χ0v) is 31.6. The predicted octanol–water partition coefficient (Wildman–Crippen LogP) is 13.2. The van der Waals surface area contributed by atoms with Crippen molar-refractivity contribution in [2.24, 2.45) is 0 Å². The zero-order valence-electron chi connectivity index (χ0n) is 31.6. The van der Waals surface area contributed by atoms with E-state index in [1.54, 1.807) is 6.07 Å². The van der Waals surface area contributed by atoms with Crippen molar-refractivity contribution in [3.63, 3.8) is 0 Å². The van der Waals surface area contributed by atoms with Crippen LogP contribution in [0.1, 0.15) is 41.3 Å². The second-order valence-corrected chi connectivity index (χ2v) is 15.4. The van der Waals surface area contributed by atoms with Gasteiger partial charge in [-0.25, -0.2) is 0 Å². The molecule has 0 atom stereocenters. The van der Waals surface area contributed by atoms with Crippen molar-refractivity contribution in [1.82, 2.24) is 9.13 Å². The fraction of sp³-hybridized carbons (Fsp3) is 0.0769. The molecule has 6 nitrogen and oxygen atoms in total. The van der Waals surface area contributed by atoms with Crippen molar-refractivity contribution in [3.8, 4) is 34.6 Å². The minimum absolute atomic E-state index is 0.373. The van der Waals surface area contributed by atoms with Gasteiger partial charge in [0.2, 0.25) is 0 Å². The van der Waals surface area contributed by atoms with Crippen LogP contribution in [0.2, 0.25) is 0 Å². The highest BCUT2D eigenvalue weighted by atomic mass is 16.3. The molecular weight excluding hydrogens is 713 g/mol. The summed E-state index contributed by atoms with van der Waals surface area (Å²) in [5, 5.41) is 29.4. The first kappa shape index (κ1) is 32.3. The second kappa shape index (κ2) is 11.8. The van der Waals surface area contributed by atoms with E-state index in [0.717, 1.165) is 112 Å². The van der Waals surface area contributed by atoms with Crippen LogP contribution in [0, 0.1) is 41.7 Å². The maximum Gasteiger partial charge on any atom is 0.145 e. The summed E-state index contributed by atoms with van der Waals surface area (Å²) in [5.74, 6) is 0. The van der Waals surface area contributed by atoms with E-state index in [2.05, 4.69) is 108 Å². The Morgan fingerprint density at radius 2 is 1.24 bits per heavy atom. The van der Waals surface area contributed by atoms with Gasteiger partial charge in [0.15, 0.2) is 0 Å². The molecule has 0 N–H and O–H groups in total. The number of rotatable bonds is 3. The van der Waals surface area contributed by atoms with Gasteiger partial charge in [-0.3, -0.25) is 0 Å². The van der Waals surface area contributed by atoms with Gasteiger partial charge in [-0.15, -0.1) is 0 Å². The first-order valence-corrected chi connectivity index (χ1v) is 19.4. The molecule has 4 heterocycles. The molecule has 0 unspecified atom stereocenters. The Hall–Kier alpha value is -7.98. The summed E-state index contributed by atoms with van der Waals surface area (Å²) in [5.41, 5.74) is 14.1. The number of para-hydroxylation sites is 2. The molecule has 0 amide bonds. The Labute approximate surface area is 332 Å². The third kappa shape index (κ3) is 4.25. The molecule has 1 aliphatic carbocycles. The first-order valence-electron chi connectivity index (χ1n) is 19.4. The van der Waals surface area contributed by atoms with E-state index in [0.29, 0.717) is 28.1 Å². The van der Waals surface area contributed by atoms with Crippen molar-refractivity contribution >= 4 is 82.7 Å². The summed E-state index contributed by atoms with van der Waals surface area (Å²) in [4.78, 5) is 0. The molecule has 12 rings (SSSR count). The van der Waals surface area contributed by atoms with Crippen LogP contribution in [0.4, 0.5) is 0 Å². The van der Waals surface area contributed by atoms with Gasteiger partial charge in [-0.2, -0.15) is 10.5 Å². The fourth-order valence-corrected chi connectivity index (χ4v) is 9.62. The molecule has 270 valence electrons. The molecule has 0 saturated heterocycles. The average molecular weight is 743 g/mol. The van der Waals surface area contributed by atoms with Gasteiger partial charge >= 0.3 is 0 Å². The van der Waals surface area contributed by atoms with Gasteiger partial charge in [0, 0.05) is 49.3 Å². The number of nitrogens with zero attached hydrogens (tertiary/aromatic N) is 4. The normalized spacial score (nSPS) is 12.8. The molecule has 7 aromatic carbocycles. The largest absolute Gasteiger partial charge is 0.455 e. The van der Waals surface area contributed by atoms with Crippen LogP contribution in [0.15, 0.2) is 130 Å². The van der Waals surface area contributed by atoms with E-state index in [-0.39, 0.29) is 0 Å². The van der Waals surface area contributed by atoms with Gasteiger partial charge in [0.05, 0.1) is 49.8 Å². The lowest BCUT2D eigenvalue weighted by atomic mass is 9.93. The molecule has 4 aromatic heterocycles. The number of aryl methyl sites for hydroxylation is 1. The van der Waals surface area contributed by atoms with E-state index in [1.807, 2.05) is 54.6 Å². The number of hydrogen-bond donors (Lipinski definition) is 0. The zero-order chi connectivity index (χ0) is 38.8. The van der Waals surface area contributed by atoms with Crippen molar-refractivity contribution in [2.45, 2.75) is 26.7 Å². The molecule has 1 aliphatic rings. The van der Waals surface area contributed by atoms with Crippen LogP contribution >= 0.6 is 0 Å². The Morgan fingerprint density at radius 3 is 1.91 bits per heavy atom. The molecule has 0 aliphatic heterocycles. The lowest BCUT2D eigenvalue weighted by Crippen LogP contribution is -2.11. The molecule has 0 saturated carbocycles. The van der Waals surface area contributed by atoms with Crippen LogP contribution in [0.5, 0.6) is 0 Å². The Balaban J connectivity index is 1.29. The predicted molar refractivity (Wildman–Crippen MR) is 231 cm³/mol. The molecule has 0 spiro atoms. The van der Waals surface area contributed by atoms with Crippen molar-refractivity contribution in [3.05, 3.63) is 161 Å². The van der Waals surface area contributed by atoms with Crippen molar-refractivity contribution in [2.75, 3.05) is 0 Å². The molecule has 6 heteroatoms. The third-order valence-corrected chi connectivity index (χ3v) is 12.1. The van der Waals surface area contributed by atoms with E-state index >= 15 is 0 Å². The summed E-state index contributed by atoms with van der Waals surface area (Å²) in [6, 6.07) is 50.4. The maximum atomic E-state index is 11.1. The summed E-state index contributed by atoms with van der Waals surface area (Å²) in [6.07, 6.45) is 3.91. The number of fused-ring (bicyclic) bond motifs is 14. The minimum atomic E-state index is 0.373. The second-order valence-electron chi connectivity index (χ2n) is 15.4. The molecule has 0 bridgehead atoms. The molecule has 58 heavy (non-hydrogen) atoms. The van der Waals surface area contributed by atoms with Gasteiger partial charge in [0.1, 0.15) is 34.5 Å². The monoisotopic (exact) mass is 742 g/mol. The number of benzene rings is 6. The minimum Gasteiger partial charge on any atom is -0.455 e. The lowest BCUT2D eigenvalue weighted by Gasteiger charge is -2.23. The number of furan rings is 2. The van der Waals surface area contributed by atoms with Crippen LogP contribution in [-0.4, -0.2) is 9.13 Å². The highest BCUT2D eigenvalue weighted by Crippen LogP contribution is 2.48. The smallest absolute Gasteiger partial charge is 0.145 e. The van der Waals surface area contributed by atoms with Gasteiger partial charge in [0.25, 0.3) is 0 Å². The van der Waals surface area contributed by atoms with Gasteiger partial charge in [-0.05, 0) is 93.4 Å². The Kier molecular flexibility index (Phi) is 6.55. The van der Waals surface area contributed by atoms with Crippen LogP contribution in [-0.2, 0) is 6.42 Å². The fourth-order valence-electron chi connectivity index (χ4n) is 9.62. The summed E-state index contributed by atoms with van der Waals surface area (Å²) >= 11 is 0. The quantitative estimate of drug-likeness (QED) is 0.180. The van der Waals surface area contributed by atoms with Crippen molar-refractivity contribution < 1.29 is 8.83 Å². The number of allylic oxidation sites excluding steroid dienone is 1. The standard InChI is InChI=1S/C52H30N4O2/c1-29-16-20-40-38(24-29)47-42(22-18-36-34-12-6-8-14-44(34)57-51(36)47)55(40)49-32(27-53)26-33(28-54)50(46(49)31-10-4-3-5-11-31)56-41-21-17-30(2)25-39(41)48-43(56)23-19-37-35-13-7-9-15-45(35)58-52(37)48/h3-4,6-10,12-16,18-20,22-26H,17,21H2,1-2H3. The van der Waals surface area contributed by atoms with E-state index in [1.165, 1.54) is 5.57 Å².